The Labute approximate surface area is 254 Å². The van der Waals surface area contributed by atoms with Gasteiger partial charge in [-0.1, -0.05) is 73.2 Å². The van der Waals surface area contributed by atoms with Gasteiger partial charge < -0.3 is 4.57 Å². The molecule has 206 valence electrons. The van der Waals surface area contributed by atoms with Crippen LogP contribution in [0.3, 0.4) is 0 Å². The first-order valence-corrected chi connectivity index (χ1v) is 16.1. The summed E-state index contributed by atoms with van der Waals surface area (Å²) >= 11 is 0. The van der Waals surface area contributed by atoms with Crippen molar-refractivity contribution < 1.29 is 4.57 Å². The number of hydrogen-bond acceptors (Lipinski definition) is 0. The average molecular weight is 563 g/mol. The van der Waals surface area contributed by atoms with Gasteiger partial charge in [0.25, 0.3) is 5.65 Å². The molecule has 1 spiro atoms. The van der Waals surface area contributed by atoms with E-state index in [2.05, 4.69) is 135 Å². The predicted octanol–water partition coefficient (Wildman–Crippen LogP) is 9.15. The summed E-state index contributed by atoms with van der Waals surface area (Å²) in [5.74, 6) is 1.03. The van der Waals surface area contributed by atoms with E-state index in [-0.39, 0.29) is 5.54 Å². The van der Waals surface area contributed by atoms with Crippen LogP contribution < -0.4 is 4.57 Å². The van der Waals surface area contributed by atoms with Crippen LogP contribution in [0.25, 0.3) is 66.2 Å². The molecule has 2 aliphatic carbocycles. The molecule has 3 atom stereocenters. The molecule has 0 saturated heterocycles. The molecule has 4 aliphatic rings. The molecule has 44 heavy (non-hydrogen) atoms. The smallest absolute Gasteiger partial charge is 0.296 e. The largest absolute Gasteiger partial charge is 0.308 e. The Kier molecular flexibility index (Phi) is 3.72. The minimum absolute atomic E-state index is 0.264. The van der Waals surface area contributed by atoms with Crippen molar-refractivity contribution in [2.24, 2.45) is 5.92 Å². The standard InChI is InChI=1S/C41H28N3/c1-2-10-24(11-3-1)25-19-21-34-37-36(25)30-14-8-16-31(30)41(37)38-35(22-20-28-26-12-4-6-17-32(26)43(34)39(28)38)44-33-18-7-5-13-27(33)29-15-9-23-42(41)40(29)44/h1-7,9-13,15,17-23,30-31H,8,14,16H2/q+1. The van der Waals surface area contributed by atoms with Crippen LogP contribution in [0.1, 0.15) is 41.9 Å². The van der Waals surface area contributed by atoms with E-state index in [1.54, 1.807) is 11.1 Å². The molecular weight excluding hydrogens is 534 g/mol. The Morgan fingerprint density at radius 2 is 1.30 bits per heavy atom. The Bertz CT molecular complexity index is 2600. The lowest BCUT2D eigenvalue weighted by Gasteiger charge is -2.42. The topological polar surface area (TPSA) is 13.7 Å². The van der Waals surface area contributed by atoms with Crippen molar-refractivity contribution in [3.8, 4) is 22.5 Å². The van der Waals surface area contributed by atoms with Gasteiger partial charge in [-0.25, -0.2) is 4.57 Å². The van der Waals surface area contributed by atoms with Gasteiger partial charge in [-0.2, -0.15) is 4.57 Å². The van der Waals surface area contributed by atoms with Crippen LogP contribution in [0, 0.1) is 5.92 Å². The van der Waals surface area contributed by atoms with Crippen LogP contribution in [0.5, 0.6) is 0 Å². The van der Waals surface area contributed by atoms with Crippen LogP contribution in [0.15, 0.2) is 121 Å². The second kappa shape index (κ2) is 7.31. The number of fused-ring (bicyclic) bond motifs is 10. The number of hydrogen-bond donors (Lipinski definition) is 0. The van der Waals surface area contributed by atoms with Crippen molar-refractivity contribution in [1.29, 1.82) is 0 Å². The fraction of sp³-hybridized carbons (Fsp3) is 0.146. The molecule has 8 aromatic rings. The van der Waals surface area contributed by atoms with Gasteiger partial charge in [0.05, 0.1) is 33.9 Å². The lowest BCUT2D eigenvalue weighted by molar-refractivity contribution is -0.730. The summed E-state index contributed by atoms with van der Waals surface area (Å²) < 4.78 is 7.97. The quantitative estimate of drug-likeness (QED) is 0.177. The van der Waals surface area contributed by atoms with Gasteiger partial charge in [-0.3, -0.25) is 0 Å². The maximum absolute atomic E-state index is 2.75. The molecular formula is C41H28N3+. The van der Waals surface area contributed by atoms with Gasteiger partial charge in [-0.15, -0.1) is 0 Å². The highest BCUT2D eigenvalue weighted by molar-refractivity contribution is 6.14. The second-order valence-electron chi connectivity index (χ2n) is 13.4. The maximum atomic E-state index is 2.75. The number of pyridine rings is 1. The minimum atomic E-state index is -0.264. The van der Waals surface area contributed by atoms with Crippen molar-refractivity contribution in [2.45, 2.75) is 30.7 Å². The second-order valence-corrected chi connectivity index (χ2v) is 13.4. The number of aromatic nitrogens is 3. The molecule has 3 aromatic heterocycles. The third kappa shape index (κ3) is 2.20. The zero-order valence-corrected chi connectivity index (χ0v) is 24.2. The summed E-state index contributed by atoms with van der Waals surface area (Å²) in [4.78, 5) is 0. The van der Waals surface area contributed by atoms with E-state index < -0.39 is 0 Å². The molecule has 3 nitrogen and oxygen atoms in total. The van der Waals surface area contributed by atoms with Gasteiger partial charge in [0.15, 0.2) is 5.54 Å². The molecule has 3 unspecified atom stereocenters. The van der Waals surface area contributed by atoms with Crippen LogP contribution in [-0.2, 0) is 5.54 Å². The van der Waals surface area contributed by atoms with Crippen molar-refractivity contribution >= 4 is 43.7 Å². The molecule has 5 heterocycles. The van der Waals surface area contributed by atoms with Crippen molar-refractivity contribution in [3.05, 3.63) is 138 Å². The van der Waals surface area contributed by atoms with Crippen molar-refractivity contribution in [3.63, 3.8) is 0 Å². The molecule has 0 amide bonds. The van der Waals surface area contributed by atoms with E-state index in [1.165, 1.54) is 91.1 Å². The number of para-hydroxylation sites is 2. The van der Waals surface area contributed by atoms with E-state index in [9.17, 15) is 0 Å². The summed E-state index contributed by atoms with van der Waals surface area (Å²) in [5, 5.41) is 5.39. The molecule has 5 aromatic carbocycles. The first kappa shape index (κ1) is 22.4. The Balaban J connectivity index is 1.40. The lowest BCUT2D eigenvalue weighted by atomic mass is 9.71. The van der Waals surface area contributed by atoms with E-state index in [0.717, 1.165) is 0 Å². The highest BCUT2D eigenvalue weighted by Crippen LogP contribution is 2.67. The summed E-state index contributed by atoms with van der Waals surface area (Å²) in [6, 6.07) is 43.6. The van der Waals surface area contributed by atoms with Crippen molar-refractivity contribution in [2.75, 3.05) is 0 Å². The van der Waals surface area contributed by atoms with Gasteiger partial charge >= 0.3 is 0 Å². The van der Waals surface area contributed by atoms with Crippen LogP contribution in [0.2, 0.25) is 0 Å². The van der Waals surface area contributed by atoms with E-state index in [1.807, 2.05) is 0 Å². The average Bonchev–Trinajstić information content (AvgIpc) is 3.84. The molecule has 0 radical (unpaired) electrons. The van der Waals surface area contributed by atoms with Crippen LogP contribution in [0.4, 0.5) is 0 Å². The zero-order valence-electron chi connectivity index (χ0n) is 24.2. The Hall–Kier alpha value is -5.15. The SMILES string of the molecule is c1ccc(-c2ccc3c4c2C2CCCC2C42c4c(ccc5c6ccccc6n-3c45)-n3c4ccccc4c4ccc[n+]2c43)cc1. The molecule has 1 fully saturated rings. The van der Waals surface area contributed by atoms with E-state index in [4.69, 9.17) is 0 Å². The van der Waals surface area contributed by atoms with Gasteiger partial charge in [0.2, 0.25) is 0 Å². The summed E-state index contributed by atoms with van der Waals surface area (Å²) in [7, 11) is 0. The molecule has 3 heteroatoms. The first-order chi connectivity index (χ1) is 21.9. The monoisotopic (exact) mass is 562 g/mol. The highest BCUT2D eigenvalue weighted by atomic mass is 15.2. The lowest BCUT2D eigenvalue weighted by Crippen LogP contribution is -2.64. The molecule has 0 bridgehead atoms. The number of nitrogens with zero attached hydrogens (tertiary/aromatic N) is 3. The fourth-order valence-electron chi connectivity index (χ4n) is 10.5. The third-order valence-corrected chi connectivity index (χ3v) is 11.8. The zero-order chi connectivity index (χ0) is 28.3. The number of benzene rings is 5. The summed E-state index contributed by atoms with van der Waals surface area (Å²) in [6.07, 6.45) is 6.19. The Morgan fingerprint density at radius 3 is 2.16 bits per heavy atom. The van der Waals surface area contributed by atoms with Crippen LogP contribution in [-0.4, -0.2) is 9.13 Å². The van der Waals surface area contributed by atoms with E-state index >= 15 is 0 Å². The fourth-order valence-corrected chi connectivity index (χ4v) is 10.5. The van der Waals surface area contributed by atoms with Gasteiger partial charge in [-0.05, 0) is 84.0 Å². The third-order valence-electron chi connectivity index (χ3n) is 11.8. The molecule has 1 saturated carbocycles. The molecule has 12 rings (SSSR count). The Morgan fingerprint density at radius 1 is 0.591 bits per heavy atom. The van der Waals surface area contributed by atoms with Gasteiger partial charge in [0.1, 0.15) is 11.2 Å². The molecule has 0 N–H and O–H groups in total. The summed E-state index contributed by atoms with van der Waals surface area (Å²) in [5.41, 5.74) is 15.2. The van der Waals surface area contributed by atoms with Gasteiger partial charge in [0, 0.05) is 27.6 Å². The predicted molar refractivity (Wildman–Crippen MR) is 177 cm³/mol. The highest BCUT2D eigenvalue weighted by Gasteiger charge is 2.66. The van der Waals surface area contributed by atoms with E-state index in [0.29, 0.717) is 11.8 Å². The number of rotatable bonds is 1. The summed E-state index contributed by atoms with van der Waals surface area (Å²) in [6.45, 7) is 0. The maximum Gasteiger partial charge on any atom is 0.296 e. The molecule has 2 aliphatic heterocycles. The minimum Gasteiger partial charge on any atom is -0.308 e. The first-order valence-electron chi connectivity index (χ1n) is 16.1. The van der Waals surface area contributed by atoms with Crippen LogP contribution >= 0.6 is 0 Å². The normalized spacial score (nSPS) is 21.9. The van der Waals surface area contributed by atoms with Crippen molar-refractivity contribution in [1.82, 2.24) is 9.13 Å².